The first kappa shape index (κ1) is 8.02. The van der Waals surface area contributed by atoms with Crippen LogP contribution in [0.3, 0.4) is 0 Å². The van der Waals surface area contributed by atoms with Crippen LogP contribution in [-0.2, 0) is 13.8 Å². The van der Waals surface area contributed by atoms with E-state index in [-0.39, 0.29) is 8.69 Å². The lowest BCUT2D eigenvalue weighted by molar-refractivity contribution is 0.115. The third-order valence-electron chi connectivity index (χ3n) is 0.576. The zero-order chi connectivity index (χ0) is 6.24. The molecule has 0 spiro atoms. The maximum Gasteiger partial charge on any atom is 0.327 e. The van der Waals surface area contributed by atoms with Gasteiger partial charge in [-0.1, -0.05) is 0 Å². The molecule has 0 atom stereocenters. The van der Waals surface area contributed by atoms with Crippen molar-refractivity contribution < 1.29 is 13.8 Å². The van der Waals surface area contributed by atoms with Crippen molar-refractivity contribution in [1.82, 2.24) is 0 Å². The van der Waals surface area contributed by atoms with Crippen LogP contribution < -0.4 is 0 Å². The lowest BCUT2D eigenvalue weighted by atomic mass is 10.8. The molecule has 0 fully saturated rings. The minimum atomic E-state index is -0.269. The first-order chi connectivity index (χ1) is 3.91. The van der Waals surface area contributed by atoms with Crippen LogP contribution >= 0.6 is 8.69 Å². The van der Waals surface area contributed by atoms with Crippen molar-refractivity contribution in [3.63, 3.8) is 0 Å². The van der Waals surface area contributed by atoms with Crippen LogP contribution in [0.1, 0.15) is 6.92 Å². The Bertz CT molecular complexity index is 57.2. The SMILES string of the molecule is CCOCCOP=O. The molecule has 0 heterocycles. The average Bonchev–Trinajstić information content (AvgIpc) is 1.81. The predicted molar refractivity (Wildman–Crippen MR) is 30.1 cm³/mol. The highest BCUT2D eigenvalue weighted by molar-refractivity contribution is 7.17. The second-order valence-corrected chi connectivity index (χ2v) is 1.51. The molecule has 0 rings (SSSR count). The van der Waals surface area contributed by atoms with E-state index in [0.717, 1.165) is 0 Å². The fourth-order valence-corrected chi connectivity index (χ4v) is 0.427. The largest absolute Gasteiger partial charge is 0.379 e. The minimum Gasteiger partial charge on any atom is -0.379 e. The number of ether oxygens (including phenoxy) is 1. The average molecular weight is 136 g/mol. The second kappa shape index (κ2) is 7.02. The van der Waals surface area contributed by atoms with E-state index in [0.29, 0.717) is 19.8 Å². The van der Waals surface area contributed by atoms with E-state index < -0.39 is 0 Å². The molecular weight excluding hydrogens is 127 g/mol. The minimum absolute atomic E-state index is 0.269. The summed E-state index contributed by atoms with van der Waals surface area (Å²) in [6.07, 6.45) is 0. The molecule has 0 aromatic rings. The highest BCUT2D eigenvalue weighted by Crippen LogP contribution is 1.91. The molecule has 0 unspecified atom stereocenters. The molecule has 0 saturated heterocycles. The van der Waals surface area contributed by atoms with Crippen molar-refractivity contribution in [2.75, 3.05) is 19.8 Å². The normalized spacial score (nSPS) is 10.1. The van der Waals surface area contributed by atoms with Crippen molar-refractivity contribution in [1.29, 1.82) is 0 Å². The summed E-state index contributed by atoms with van der Waals surface area (Å²) < 4.78 is 18.9. The maximum atomic E-state index is 9.59. The molecule has 0 N–H and O–H groups in total. The fraction of sp³-hybridized carbons (Fsp3) is 1.00. The van der Waals surface area contributed by atoms with Gasteiger partial charge in [-0.25, -0.2) is 4.57 Å². The third-order valence-corrected chi connectivity index (χ3v) is 0.864. The number of hydrogen-bond donors (Lipinski definition) is 0. The Hall–Kier alpha value is 0.0200. The van der Waals surface area contributed by atoms with Gasteiger partial charge >= 0.3 is 8.69 Å². The lowest BCUT2D eigenvalue weighted by Gasteiger charge is -1.94. The zero-order valence-electron chi connectivity index (χ0n) is 4.79. The molecule has 0 aliphatic heterocycles. The van der Waals surface area contributed by atoms with Gasteiger partial charge in [0.1, 0.15) is 0 Å². The molecule has 4 heteroatoms. The van der Waals surface area contributed by atoms with E-state index in [2.05, 4.69) is 4.52 Å². The van der Waals surface area contributed by atoms with Gasteiger partial charge in [-0.3, -0.25) is 4.52 Å². The Morgan fingerprint density at radius 1 is 1.50 bits per heavy atom. The summed E-state index contributed by atoms with van der Waals surface area (Å²) in [7, 11) is -0.269. The molecule has 0 saturated carbocycles. The molecule has 0 bridgehead atoms. The number of hydrogen-bond acceptors (Lipinski definition) is 3. The van der Waals surface area contributed by atoms with Gasteiger partial charge in [0.15, 0.2) is 0 Å². The molecule has 0 amide bonds. The lowest BCUT2D eigenvalue weighted by Crippen LogP contribution is -1.98. The van der Waals surface area contributed by atoms with E-state index in [1.54, 1.807) is 0 Å². The molecule has 0 radical (unpaired) electrons. The Kier molecular flexibility index (Phi) is 7.04. The van der Waals surface area contributed by atoms with Gasteiger partial charge in [0, 0.05) is 6.61 Å². The Balaban J connectivity index is 2.62. The molecule has 0 aromatic heterocycles. The first-order valence-electron chi connectivity index (χ1n) is 2.44. The highest BCUT2D eigenvalue weighted by Gasteiger charge is 1.82. The van der Waals surface area contributed by atoms with Crippen LogP contribution in [0, 0.1) is 0 Å². The van der Waals surface area contributed by atoms with Crippen molar-refractivity contribution in [3.8, 4) is 0 Å². The van der Waals surface area contributed by atoms with Gasteiger partial charge in [0.25, 0.3) is 0 Å². The van der Waals surface area contributed by atoms with Crippen LogP contribution in [0.15, 0.2) is 0 Å². The van der Waals surface area contributed by atoms with Gasteiger partial charge < -0.3 is 4.74 Å². The van der Waals surface area contributed by atoms with E-state index in [9.17, 15) is 4.57 Å². The summed E-state index contributed by atoms with van der Waals surface area (Å²) in [6.45, 7) is 3.50. The predicted octanol–water partition coefficient (Wildman–Crippen LogP) is 1.25. The van der Waals surface area contributed by atoms with Crippen LogP contribution in [-0.4, -0.2) is 19.8 Å². The van der Waals surface area contributed by atoms with E-state index in [1.165, 1.54) is 0 Å². The summed E-state index contributed by atoms with van der Waals surface area (Å²) in [5.74, 6) is 0. The summed E-state index contributed by atoms with van der Waals surface area (Å²) in [4.78, 5) is 0. The molecular formula is C4H9O3P. The Labute approximate surface area is 50.3 Å². The molecule has 8 heavy (non-hydrogen) atoms. The van der Waals surface area contributed by atoms with Crippen LogP contribution in [0.2, 0.25) is 0 Å². The van der Waals surface area contributed by atoms with Gasteiger partial charge in [0.05, 0.1) is 13.2 Å². The highest BCUT2D eigenvalue weighted by atomic mass is 31.1. The van der Waals surface area contributed by atoms with Crippen molar-refractivity contribution in [2.45, 2.75) is 6.92 Å². The van der Waals surface area contributed by atoms with Gasteiger partial charge in [0.2, 0.25) is 0 Å². The number of rotatable bonds is 5. The smallest absolute Gasteiger partial charge is 0.327 e. The maximum absolute atomic E-state index is 9.59. The van der Waals surface area contributed by atoms with Gasteiger partial charge in [-0.05, 0) is 6.92 Å². The molecule has 48 valence electrons. The molecule has 0 aliphatic carbocycles. The molecule has 3 nitrogen and oxygen atoms in total. The Morgan fingerprint density at radius 2 is 2.25 bits per heavy atom. The Morgan fingerprint density at radius 3 is 2.75 bits per heavy atom. The molecule has 0 aliphatic rings. The molecule has 0 aromatic carbocycles. The zero-order valence-corrected chi connectivity index (χ0v) is 5.69. The van der Waals surface area contributed by atoms with E-state index in [1.807, 2.05) is 6.92 Å². The first-order valence-corrected chi connectivity index (χ1v) is 3.17. The van der Waals surface area contributed by atoms with Crippen molar-refractivity contribution >= 4 is 8.69 Å². The summed E-state index contributed by atoms with van der Waals surface area (Å²) in [6, 6.07) is 0. The topological polar surface area (TPSA) is 35.5 Å². The fourth-order valence-electron chi connectivity index (χ4n) is 0.278. The second-order valence-electron chi connectivity index (χ2n) is 1.10. The van der Waals surface area contributed by atoms with Crippen LogP contribution in [0.4, 0.5) is 0 Å². The van der Waals surface area contributed by atoms with E-state index in [4.69, 9.17) is 4.74 Å². The monoisotopic (exact) mass is 136 g/mol. The van der Waals surface area contributed by atoms with Crippen LogP contribution in [0.5, 0.6) is 0 Å². The van der Waals surface area contributed by atoms with Crippen LogP contribution in [0.25, 0.3) is 0 Å². The van der Waals surface area contributed by atoms with Gasteiger partial charge in [-0.2, -0.15) is 0 Å². The van der Waals surface area contributed by atoms with Gasteiger partial charge in [-0.15, -0.1) is 0 Å². The van der Waals surface area contributed by atoms with Crippen molar-refractivity contribution in [2.24, 2.45) is 0 Å². The summed E-state index contributed by atoms with van der Waals surface area (Å²) in [5, 5.41) is 0. The van der Waals surface area contributed by atoms with Crippen molar-refractivity contribution in [3.05, 3.63) is 0 Å². The quantitative estimate of drug-likeness (QED) is 0.421. The standard InChI is InChI=1S/C4H9O3P/c1-2-6-3-4-7-8-5/h2-4H2,1H3. The summed E-state index contributed by atoms with van der Waals surface area (Å²) >= 11 is 0. The van der Waals surface area contributed by atoms with E-state index >= 15 is 0 Å². The third kappa shape index (κ3) is 6.02. The summed E-state index contributed by atoms with van der Waals surface area (Å²) in [5.41, 5.74) is 0.